The van der Waals surface area contributed by atoms with Gasteiger partial charge in [-0.1, -0.05) is 13.0 Å². The Bertz CT molecular complexity index is 1350. The van der Waals surface area contributed by atoms with E-state index in [4.69, 9.17) is 9.98 Å². The molecule has 2 aliphatic heterocycles. The third-order valence-corrected chi connectivity index (χ3v) is 8.15. The zero-order valence-electron chi connectivity index (χ0n) is 22.3. The second-order valence-corrected chi connectivity index (χ2v) is 11.4. The number of anilines is 1. The molecule has 1 fully saturated rings. The molecule has 0 spiro atoms. The first kappa shape index (κ1) is 27.7. The van der Waals surface area contributed by atoms with E-state index in [9.17, 15) is 13.2 Å². The lowest BCUT2D eigenvalue weighted by Crippen LogP contribution is -2.34. The summed E-state index contributed by atoms with van der Waals surface area (Å²) in [7, 11) is -0.0794. The number of hydrogen-bond acceptors (Lipinski definition) is 7. The molecule has 2 aromatic rings. The topological polar surface area (TPSA) is 106 Å². The van der Waals surface area contributed by atoms with Crippen LogP contribution in [0.2, 0.25) is 0 Å². The smallest absolute Gasteiger partial charge is 0.253 e. The van der Waals surface area contributed by atoms with Gasteiger partial charge in [-0.2, -0.15) is 0 Å². The molecule has 0 bridgehead atoms. The van der Waals surface area contributed by atoms with Crippen molar-refractivity contribution in [2.45, 2.75) is 31.1 Å². The van der Waals surface area contributed by atoms with E-state index < -0.39 is 10.0 Å². The molecular formula is C28H36N6O3S. The van der Waals surface area contributed by atoms with E-state index in [1.807, 2.05) is 35.2 Å². The molecule has 9 nitrogen and oxygen atoms in total. The number of nitrogens with one attached hydrogen (secondary N) is 2. The van der Waals surface area contributed by atoms with Gasteiger partial charge < -0.3 is 15.1 Å². The number of amides is 1. The van der Waals surface area contributed by atoms with Gasteiger partial charge in [0.25, 0.3) is 5.91 Å². The molecule has 2 aromatic carbocycles. The van der Waals surface area contributed by atoms with Crippen LogP contribution in [0.4, 0.5) is 11.4 Å². The first-order valence-corrected chi connectivity index (χ1v) is 14.4. The maximum absolute atomic E-state index is 13.0. The average Bonchev–Trinajstić information content (AvgIpc) is 3.26. The predicted molar refractivity (Wildman–Crippen MR) is 153 cm³/mol. The first-order chi connectivity index (χ1) is 18.3. The number of likely N-dealkylation sites (N-methyl/N-ethyl adjacent to an activating group) is 1. The zero-order chi connectivity index (χ0) is 27.1. The lowest BCUT2D eigenvalue weighted by molar-refractivity contribution is 0.0763. The highest BCUT2D eigenvalue weighted by Gasteiger charge is 2.19. The summed E-state index contributed by atoms with van der Waals surface area (Å²) >= 11 is 0. The van der Waals surface area contributed by atoms with Crippen molar-refractivity contribution in [3.63, 3.8) is 0 Å². The molecular weight excluding hydrogens is 500 g/mol. The van der Waals surface area contributed by atoms with Crippen molar-refractivity contribution in [1.29, 1.82) is 0 Å². The van der Waals surface area contributed by atoms with Gasteiger partial charge in [0.2, 0.25) is 10.0 Å². The van der Waals surface area contributed by atoms with Crippen molar-refractivity contribution in [2.75, 3.05) is 52.1 Å². The van der Waals surface area contributed by atoms with Crippen molar-refractivity contribution in [1.82, 2.24) is 14.5 Å². The average molecular weight is 537 g/mol. The van der Waals surface area contributed by atoms with E-state index in [1.54, 1.807) is 24.3 Å². The fraction of sp³-hybridized carbons (Fsp3) is 0.393. The summed E-state index contributed by atoms with van der Waals surface area (Å²) in [5.41, 5.74) is 4.02. The molecule has 10 heteroatoms. The zero-order valence-corrected chi connectivity index (χ0v) is 23.1. The van der Waals surface area contributed by atoms with Gasteiger partial charge in [0.15, 0.2) is 0 Å². The number of hydrogen-bond donors (Lipinski definition) is 2. The maximum Gasteiger partial charge on any atom is 0.253 e. The van der Waals surface area contributed by atoms with E-state index >= 15 is 0 Å². The number of rotatable bonds is 6. The normalized spacial score (nSPS) is 18.4. The van der Waals surface area contributed by atoms with Crippen LogP contribution >= 0.6 is 0 Å². The molecule has 2 heterocycles. The molecule has 1 amide bonds. The van der Waals surface area contributed by atoms with Gasteiger partial charge in [0, 0.05) is 43.0 Å². The Kier molecular flexibility index (Phi) is 9.09. The van der Waals surface area contributed by atoms with Gasteiger partial charge in [0.1, 0.15) is 5.84 Å². The monoisotopic (exact) mass is 536 g/mol. The lowest BCUT2D eigenvalue weighted by atomic mass is 10.1. The van der Waals surface area contributed by atoms with E-state index in [0.717, 1.165) is 61.8 Å². The summed E-state index contributed by atoms with van der Waals surface area (Å²) in [5.74, 6) is 0.824. The molecule has 0 aromatic heterocycles. The number of amidine groups is 1. The van der Waals surface area contributed by atoms with E-state index in [1.165, 1.54) is 7.05 Å². The van der Waals surface area contributed by atoms with Crippen molar-refractivity contribution >= 4 is 38.9 Å². The summed E-state index contributed by atoms with van der Waals surface area (Å²) in [5, 5.41) is 3.39. The third kappa shape index (κ3) is 7.15. The van der Waals surface area contributed by atoms with Crippen LogP contribution in [-0.2, 0) is 10.0 Å². The van der Waals surface area contributed by atoms with Gasteiger partial charge in [-0.15, -0.1) is 0 Å². The van der Waals surface area contributed by atoms with Gasteiger partial charge in [-0.05, 0) is 87.6 Å². The Morgan fingerprint density at radius 2 is 1.87 bits per heavy atom. The number of sulfonamides is 1. The molecule has 2 aliphatic rings. The highest BCUT2D eigenvalue weighted by atomic mass is 32.2. The van der Waals surface area contributed by atoms with Gasteiger partial charge in [0.05, 0.1) is 17.1 Å². The summed E-state index contributed by atoms with van der Waals surface area (Å²) in [6.45, 7) is 6.05. The number of carbonyl (C=O) groups excluding carboxylic acids is 1. The van der Waals surface area contributed by atoms with Crippen LogP contribution in [-0.4, -0.2) is 82.5 Å². The van der Waals surface area contributed by atoms with Crippen LogP contribution in [0.1, 0.15) is 36.5 Å². The minimum Gasteiger partial charge on any atom is -0.344 e. The van der Waals surface area contributed by atoms with E-state index in [2.05, 4.69) is 28.9 Å². The maximum atomic E-state index is 13.0. The number of allylic oxidation sites excluding steroid dienone is 1. The highest BCUT2D eigenvalue weighted by molar-refractivity contribution is 7.89. The second kappa shape index (κ2) is 12.5. The lowest BCUT2D eigenvalue weighted by Gasteiger charge is -2.20. The Morgan fingerprint density at radius 3 is 2.61 bits per heavy atom. The van der Waals surface area contributed by atoms with Crippen LogP contribution in [0.15, 0.2) is 75.1 Å². The van der Waals surface area contributed by atoms with Crippen molar-refractivity contribution < 1.29 is 13.2 Å². The largest absolute Gasteiger partial charge is 0.344 e. The number of benzene rings is 2. The molecule has 0 atom stereocenters. The fourth-order valence-corrected chi connectivity index (χ4v) is 5.19. The molecule has 0 radical (unpaired) electrons. The summed E-state index contributed by atoms with van der Waals surface area (Å²) in [4.78, 5) is 26.9. The van der Waals surface area contributed by atoms with E-state index in [-0.39, 0.29) is 10.8 Å². The molecule has 38 heavy (non-hydrogen) atoms. The molecule has 2 N–H and O–H groups in total. The Morgan fingerprint density at radius 1 is 1.08 bits per heavy atom. The van der Waals surface area contributed by atoms with Crippen LogP contribution in [0, 0.1) is 0 Å². The predicted octanol–water partition coefficient (Wildman–Crippen LogP) is 3.70. The standard InChI is InChI=1S/C28H36N6O3S/c1-4-21-17-25(31-24-7-5-8-26(18-24)38(36,37)29-2)19-27(30-20-21)32-23-11-9-22(10-12-23)28(35)34-14-6-13-33(3)15-16-34/h5,7-12,17-18,29H,4,6,13-16,19-20H2,1-3H3,(H,30,32). The molecule has 0 unspecified atom stereocenters. The Hall–Kier alpha value is -3.34. The van der Waals surface area contributed by atoms with Gasteiger partial charge in [-0.3, -0.25) is 14.8 Å². The van der Waals surface area contributed by atoms with Crippen LogP contribution in [0.25, 0.3) is 0 Å². The van der Waals surface area contributed by atoms with E-state index in [0.29, 0.717) is 24.2 Å². The van der Waals surface area contributed by atoms with Crippen molar-refractivity contribution in [3.8, 4) is 0 Å². The SMILES string of the molecule is CCC1=CC(=Nc2cccc(S(=O)(=O)NC)c2)CC(Nc2ccc(C(=O)N3CCCN(C)CC3)cc2)=NC1. The molecule has 0 saturated carbocycles. The molecule has 1 saturated heterocycles. The minimum absolute atomic E-state index is 0.0624. The summed E-state index contributed by atoms with van der Waals surface area (Å²) < 4.78 is 26.8. The van der Waals surface area contributed by atoms with Gasteiger partial charge >= 0.3 is 0 Å². The first-order valence-electron chi connectivity index (χ1n) is 13.0. The van der Waals surface area contributed by atoms with Crippen LogP contribution in [0.5, 0.6) is 0 Å². The molecule has 202 valence electrons. The molecule has 0 aliphatic carbocycles. The molecule has 4 rings (SSSR count). The number of carbonyl (C=O) groups is 1. The second-order valence-electron chi connectivity index (χ2n) is 9.56. The fourth-order valence-electron chi connectivity index (χ4n) is 4.42. The summed E-state index contributed by atoms with van der Waals surface area (Å²) in [6.07, 6.45) is 4.33. The summed E-state index contributed by atoms with van der Waals surface area (Å²) in [6, 6.07) is 14.1. The van der Waals surface area contributed by atoms with Crippen molar-refractivity contribution in [2.24, 2.45) is 9.98 Å². The minimum atomic E-state index is -3.56. The Labute approximate surface area is 225 Å². The number of aliphatic imine (C=N–C) groups is 2. The number of nitrogens with zero attached hydrogens (tertiary/aromatic N) is 4. The van der Waals surface area contributed by atoms with Crippen LogP contribution < -0.4 is 10.0 Å². The van der Waals surface area contributed by atoms with Crippen LogP contribution in [0.3, 0.4) is 0 Å². The van der Waals surface area contributed by atoms with Gasteiger partial charge in [-0.25, -0.2) is 13.1 Å². The quantitative estimate of drug-likeness (QED) is 0.586. The highest BCUT2D eigenvalue weighted by Crippen LogP contribution is 2.21. The van der Waals surface area contributed by atoms with Crippen molar-refractivity contribution in [3.05, 3.63) is 65.7 Å². The Balaban J connectivity index is 1.48. The third-order valence-electron chi connectivity index (χ3n) is 6.74.